The van der Waals surface area contributed by atoms with E-state index in [-0.39, 0.29) is 27.0 Å². The molecule has 1 N–H and O–H groups in total. The summed E-state index contributed by atoms with van der Waals surface area (Å²) in [7, 11) is -3.75. The average molecular weight is 563 g/mol. The second-order valence-electron chi connectivity index (χ2n) is 17.0. The van der Waals surface area contributed by atoms with Crippen LogP contribution in [-0.2, 0) is 8.85 Å². The van der Waals surface area contributed by atoms with Crippen LogP contribution in [0.3, 0.4) is 0 Å². The molecule has 5 heteroatoms. The molecule has 8 atom stereocenters. The maximum absolute atomic E-state index is 10.8. The highest BCUT2D eigenvalue weighted by Gasteiger charge is 2.59. The highest BCUT2D eigenvalue weighted by molar-refractivity contribution is 6.74. The van der Waals surface area contributed by atoms with Gasteiger partial charge in [-0.15, -0.1) is 12.3 Å². The fourth-order valence-corrected chi connectivity index (χ4v) is 9.90. The van der Waals surface area contributed by atoms with Crippen LogP contribution in [-0.4, -0.2) is 41.1 Å². The zero-order valence-corrected chi connectivity index (χ0v) is 29.2. The van der Waals surface area contributed by atoms with Gasteiger partial charge in [0.05, 0.1) is 6.10 Å². The summed E-state index contributed by atoms with van der Waals surface area (Å²) in [5.74, 6) is 5.72. The number of rotatable bonds is 7. The van der Waals surface area contributed by atoms with Gasteiger partial charge in [0.25, 0.3) is 0 Å². The Morgan fingerprint density at radius 3 is 1.82 bits per heavy atom. The van der Waals surface area contributed by atoms with Crippen molar-refractivity contribution in [3.05, 3.63) is 0 Å². The van der Waals surface area contributed by atoms with Gasteiger partial charge < -0.3 is 14.0 Å². The molecule has 0 bridgehead atoms. The molecule has 220 valence electrons. The molecule has 0 amide bonds. The monoisotopic (exact) mass is 562 g/mol. The van der Waals surface area contributed by atoms with Crippen molar-refractivity contribution in [2.24, 2.45) is 40.4 Å². The first-order valence-corrected chi connectivity index (χ1v) is 21.4. The molecule has 3 aliphatic carbocycles. The van der Waals surface area contributed by atoms with Crippen LogP contribution >= 0.6 is 0 Å². The molecular weight excluding hydrogens is 501 g/mol. The van der Waals surface area contributed by atoms with Crippen LogP contribution in [0.4, 0.5) is 0 Å². The van der Waals surface area contributed by atoms with Crippen molar-refractivity contribution in [2.75, 3.05) is 13.2 Å². The molecule has 0 heterocycles. The lowest BCUT2D eigenvalue weighted by Gasteiger charge is -2.58. The van der Waals surface area contributed by atoms with Crippen LogP contribution in [0.15, 0.2) is 0 Å². The second kappa shape index (κ2) is 10.9. The van der Waals surface area contributed by atoms with E-state index in [1.54, 1.807) is 0 Å². The van der Waals surface area contributed by atoms with Gasteiger partial charge >= 0.3 is 0 Å². The van der Waals surface area contributed by atoms with Crippen LogP contribution in [0, 0.1) is 52.8 Å². The lowest BCUT2D eigenvalue weighted by atomic mass is 9.49. The number of hydrogen-bond donors (Lipinski definition) is 1. The predicted octanol–water partition coefficient (Wildman–Crippen LogP) is 8.89. The van der Waals surface area contributed by atoms with E-state index in [0.717, 1.165) is 38.9 Å². The minimum absolute atomic E-state index is 0.151. The lowest BCUT2D eigenvalue weighted by Crippen LogP contribution is -2.54. The lowest BCUT2D eigenvalue weighted by molar-refractivity contribution is -0.109. The maximum atomic E-state index is 10.8. The van der Waals surface area contributed by atoms with E-state index in [9.17, 15) is 5.11 Å². The Kier molecular flexibility index (Phi) is 9.32. The minimum atomic E-state index is -1.87. The zero-order chi connectivity index (χ0) is 28.9. The first-order chi connectivity index (χ1) is 17.2. The third-order valence-corrected chi connectivity index (χ3v) is 21.9. The number of fused-ring (bicyclic) bond motifs is 1. The number of hydrogen-bond acceptors (Lipinski definition) is 3. The maximum Gasteiger partial charge on any atom is 0.191 e. The van der Waals surface area contributed by atoms with E-state index in [1.807, 2.05) is 0 Å². The van der Waals surface area contributed by atoms with Crippen molar-refractivity contribution in [1.29, 1.82) is 0 Å². The quantitative estimate of drug-likeness (QED) is 0.249. The van der Waals surface area contributed by atoms with Gasteiger partial charge in [-0.2, -0.15) is 0 Å². The summed E-state index contributed by atoms with van der Waals surface area (Å²) in [6.45, 7) is 30.3. The second-order valence-corrected chi connectivity index (χ2v) is 26.6. The molecule has 3 aliphatic rings. The van der Waals surface area contributed by atoms with Gasteiger partial charge in [0, 0.05) is 19.1 Å². The highest BCUT2D eigenvalue weighted by Crippen LogP contribution is 2.64. The molecule has 0 aromatic rings. The fourth-order valence-electron chi connectivity index (χ4n) is 7.80. The van der Waals surface area contributed by atoms with Crippen molar-refractivity contribution in [1.82, 2.24) is 0 Å². The first kappa shape index (κ1) is 32.4. The number of terminal acetylenes is 1. The fraction of sp³-hybridized carbons (Fsp3) is 0.939. The topological polar surface area (TPSA) is 38.7 Å². The van der Waals surface area contributed by atoms with Crippen LogP contribution in [0.1, 0.15) is 100 Å². The molecule has 0 saturated heterocycles. The zero-order valence-electron chi connectivity index (χ0n) is 27.2. The van der Waals surface area contributed by atoms with Crippen LogP contribution in [0.2, 0.25) is 36.3 Å². The summed E-state index contributed by atoms with van der Waals surface area (Å²) in [6, 6.07) is 0. The molecule has 3 nitrogen and oxygen atoms in total. The molecule has 3 saturated carbocycles. The van der Waals surface area contributed by atoms with Crippen molar-refractivity contribution in [3.63, 3.8) is 0 Å². The molecule has 0 spiro atoms. The molecule has 0 aromatic carbocycles. The van der Waals surface area contributed by atoms with E-state index in [4.69, 9.17) is 15.3 Å². The van der Waals surface area contributed by atoms with Gasteiger partial charge in [-0.3, -0.25) is 0 Å². The molecule has 38 heavy (non-hydrogen) atoms. The van der Waals surface area contributed by atoms with Crippen molar-refractivity contribution in [3.8, 4) is 12.3 Å². The Labute approximate surface area is 238 Å². The Morgan fingerprint density at radius 2 is 1.29 bits per heavy atom. The van der Waals surface area contributed by atoms with Crippen molar-refractivity contribution < 1.29 is 14.0 Å². The summed E-state index contributed by atoms with van der Waals surface area (Å²) >= 11 is 0. The van der Waals surface area contributed by atoms with Crippen LogP contribution < -0.4 is 0 Å². The summed E-state index contributed by atoms with van der Waals surface area (Å²) < 4.78 is 13.9. The third-order valence-electron chi connectivity index (χ3n) is 12.9. The molecule has 0 radical (unpaired) electrons. The largest absolute Gasteiger partial charge is 0.417 e. The van der Waals surface area contributed by atoms with E-state index in [0.29, 0.717) is 29.6 Å². The molecule has 3 fully saturated rings. The van der Waals surface area contributed by atoms with Crippen LogP contribution in [0.25, 0.3) is 0 Å². The molecule has 3 unspecified atom stereocenters. The minimum Gasteiger partial charge on any atom is -0.417 e. The van der Waals surface area contributed by atoms with E-state index >= 15 is 0 Å². The summed E-state index contributed by atoms with van der Waals surface area (Å²) in [4.78, 5) is 0. The van der Waals surface area contributed by atoms with Gasteiger partial charge in [-0.05, 0) is 116 Å². The number of aliphatic hydroxyl groups excluding tert-OH is 1. The predicted molar refractivity (Wildman–Crippen MR) is 167 cm³/mol. The molecule has 0 aromatic heterocycles. The standard InChI is InChI=1S/C33H62O3Si2/c1-14-24-15-16-28-27(23-36-38(12,13)31(5,6)7)29(18-20-32(24,28)8)33(9)19-17-26(34)21-25(33)22-35-37(10,11)30(2,3)4/h1,24-29,34H,15-23H2,2-13H3/t24?,25-,26+,27+,28?,29?,32-,33+/m1/s1. The summed E-state index contributed by atoms with van der Waals surface area (Å²) in [6.07, 6.45) is 13.6. The van der Waals surface area contributed by atoms with Crippen molar-refractivity contribution in [2.45, 2.75) is 143 Å². The van der Waals surface area contributed by atoms with Crippen molar-refractivity contribution >= 4 is 16.6 Å². The van der Waals surface area contributed by atoms with Gasteiger partial charge in [-0.25, -0.2) is 0 Å². The smallest absolute Gasteiger partial charge is 0.191 e. The molecular formula is C33H62O3Si2. The first-order valence-electron chi connectivity index (χ1n) is 15.6. The average Bonchev–Trinajstić information content (AvgIpc) is 3.13. The molecule has 0 aliphatic heterocycles. The Morgan fingerprint density at radius 1 is 0.789 bits per heavy atom. The van der Waals surface area contributed by atoms with Gasteiger partial charge in [0.15, 0.2) is 16.6 Å². The SMILES string of the molecule is C#CC1CCC2[C@H](CO[Si](C)(C)C(C)(C)C)C([C@@]3(C)CC[C@H](O)C[C@@H]3CO[Si](C)(C)C(C)(C)C)CC[C@]12C. The Balaban J connectivity index is 1.95. The Bertz CT molecular complexity index is 863. The number of aliphatic hydroxyl groups is 1. The van der Waals surface area contributed by atoms with E-state index in [1.165, 1.54) is 19.3 Å². The van der Waals surface area contributed by atoms with Gasteiger partial charge in [-0.1, -0.05) is 55.4 Å². The van der Waals surface area contributed by atoms with E-state index < -0.39 is 16.6 Å². The Hall–Kier alpha value is -0.126. The molecule has 3 rings (SSSR count). The van der Waals surface area contributed by atoms with Gasteiger partial charge in [0.2, 0.25) is 0 Å². The highest BCUT2D eigenvalue weighted by atomic mass is 28.4. The van der Waals surface area contributed by atoms with E-state index in [2.05, 4.69) is 87.5 Å². The third kappa shape index (κ3) is 6.06. The van der Waals surface area contributed by atoms with Gasteiger partial charge in [0.1, 0.15) is 0 Å². The summed E-state index contributed by atoms with van der Waals surface area (Å²) in [5.41, 5.74) is 0.378. The summed E-state index contributed by atoms with van der Waals surface area (Å²) in [5, 5.41) is 11.2. The normalized spacial score (nSPS) is 39.1. The van der Waals surface area contributed by atoms with Crippen LogP contribution in [0.5, 0.6) is 0 Å².